The van der Waals surface area contributed by atoms with Crippen LogP contribution in [0.1, 0.15) is 24.2 Å². The fraction of sp³-hybridized carbons (Fsp3) is 0.333. The van der Waals surface area contributed by atoms with E-state index in [1.807, 2.05) is 43.0 Å². The van der Waals surface area contributed by atoms with Crippen molar-refractivity contribution in [3.8, 4) is 11.5 Å². The minimum absolute atomic E-state index is 0.0275. The van der Waals surface area contributed by atoms with Gasteiger partial charge in [-0.2, -0.15) is 0 Å². The Morgan fingerprint density at radius 3 is 2.61 bits per heavy atom. The van der Waals surface area contributed by atoms with E-state index in [1.165, 1.54) is 0 Å². The summed E-state index contributed by atoms with van der Waals surface area (Å²) < 4.78 is 11.2. The highest BCUT2D eigenvalue weighted by Crippen LogP contribution is 2.30. The maximum Gasteiger partial charge on any atom is 0.255 e. The van der Waals surface area contributed by atoms with Gasteiger partial charge in [0.2, 0.25) is 5.91 Å². The average molecular weight is 383 g/mol. The minimum Gasteiger partial charge on any atom is -0.490 e. The minimum atomic E-state index is -0.252. The summed E-state index contributed by atoms with van der Waals surface area (Å²) in [4.78, 5) is 26.5. The summed E-state index contributed by atoms with van der Waals surface area (Å²) in [5, 5.41) is 5.76. The molecule has 2 aromatic rings. The average Bonchev–Trinajstić information content (AvgIpc) is 2.70. The van der Waals surface area contributed by atoms with Crippen LogP contribution in [0.3, 0.4) is 0 Å². The second kappa shape index (κ2) is 9.12. The maximum atomic E-state index is 12.8. The van der Waals surface area contributed by atoms with Gasteiger partial charge in [0.15, 0.2) is 11.5 Å². The van der Waals surface area contributed by atoms with Gasteiger partial charge in [-0.1, -0.05) is 12.1 Å². The monoisotopic (exact) mass is 383 g/mol. The number of nitrogens with zero attached hydrogens (tertiary/aromatic N) is 1. The van der Waals surface area contributed by atoms with Crippen molar-refractivity contribution in [2.24, 2.45) is 0 Å². The summed E-state index contributed by atoms with van der Waals surface area (Å²) in [6.07, 6.45) is 0. The molecule has 0 aliphatic carbocycles. The molecule has 1 heterocycles. The molecule has 1 aliphatic rings. The van der Waals surface area contributed by atoms with Crippen LogP contribution in [0.25, 0.3) is 0 Å². The predicted molar refractivity (Wildman–Crippen MR) is 108 cm³/mol. The van der Waals surface area contributed by atoms with Gasteiger partial charge in [-0.25, -0.2) is 0 Å². The van der Waals surface area contributed by atoms with E-state index in [9.17, 15) is 9.59 Å². The zero-order valence-electron chi connectivity index (χ0n) is 16.2. The van der Waals surface area contributed by atoms with Crippen molar-refractivity contribution in [1.82, 2.24) is 5.32 Å². The van der Waals surface area contributed by atoms with Crippen LogP contribution in [-0.4, -0.2) is 44.7 Å². The van der Waals surface area contributed by atoms with Gasteiger partial charge in [-0.05, 0) is 44.2 Å². The Morgan fingerprint density at radius 2 is 1.86 bits per heavy atom. The topological polar surface area (TPSA) is 79.9 Å². The molecule has 2 aromatic carbocycles. The van der Waals surface area contributed by atoms with Crippen molar-refractivity contribution in [3.05, 3.63) is 48.0 Å². The van der Waals surface area contributed by atoms with Gasteiger partial charge in [0.25, 0.3) is 5.91 Å². The van der Waals surface area contributed by atoms with Gasteiger partial charge in [0.05, 0.1) is 31.1 Å². The molecule has 1 aliphatic heterocycles. The molecule has 1 fully saturated rings. The first kappa shape index (κ1) is 19.5. The molecule has 0 atom stereocenters. The van der Waals surface area contributed by atoms with E-state index < -0.39 is 0 Å². The quantitative estimate of drug-likeness (QED) is 0.768. The van der Waals surface area contributed by atoms with Crippen molar-refractivity contribution in [3.63, 3.8) is 0 Å². The molecule has 0 spiro atoms. The molecule has 28 heavy (non-hydrogen) atoms. The Balaban J connectivity index is 1.81. The second-order valence-electron chi connectivity index (χ2n) is 6.27. The van der Waals surface area contributed by atoms with Crippen LogP contribution in [0.5, 0.6) is 11.5 Å². The first-order valence-electron chi connectivity index (χ1n) is 9.44. The van der Waals surface area contributed by atoms with Crippen molar-refractivity contribution < 1.29 is 19.1 Å². The van der Waals surface area contributed by atoms with Crippen LogP contribution < -0.4 is 25.0 Å². The Morgan fingerprint density at radius 1 is 1.11 bits per heavy atom. The predicted octanol–water partition coefficient (Wildman–Crippen LogP) is 2.67. The second-order valence-corrected chi connectivity index (χ2v) is 6.27. The molecule has 2 amide bonds. The largest absolute Gasteiger partial charge is 0.490 e. The Kier molecular flexibility index (Phi) is 6.37. The van der Waals surface area contributed by atoms with E-state index in [0.717, 1.165) is 5.69 Å². The number of hydrogen-bond acceptors (Lipinski definition) is 5. The molecule has 0 bridgehead atoms. The molecule has 0 saturated carbocycles. The Bertz CT molecular complexity index is 853. The third-order valence-electron chi connectivity index (χ3n) is 4.34. The SMILES string of the molecule is CCOc1ccc(C(=O)Nc2ccccc2N2CCNC(=O)C2)cc1OCC. The number of hydrogen-bond donors (Lipinski definition) is 2. The zero-order chi connectivity index (χ0) is 19.9. The van der Waals surface area contributed by atoms with Crippen LogP contribution in [0.4, 0.5) is 11.4 Å². The first-order chi connectivity index (χ1) is 13.6. The van der Waals surface area contributed by atoms with Crippen LogP contribution in [-0.2, 0) is 4.79 Å². The summed E-state index contributed by atoms with van der Waals surface area (Å²) in [5.41, 5.74) is 1.95. The molecule has 0 unspecified atom stereocenters. The fourth-order valence-corrected chi connectivity index (χ4v) is 3.09. The molecular weight excluding hydrogens is 358 g/mol. The summed E-state index contributed by atoms with van der Waals surface area (Å²) in [5.74, 6) is 0.872. The van der Waals surface area contributed by atoms with Crippen molar-refractivity contribution in [2.45, 2.75) is 13.8 Å². The van der Waals surface area contributed by atoms with Gasteiger partial charge in [0.1, 0.15) is 0 Å². The number of rotatable bonds is 7. The lowest BCUT2D eigenvalue weighted by molar-refractivity contribution is -0.120. The number of carbonyl (C=O) groups is 2. The number of nitrogens with one attached hydrogen (secondary N) is 2. The molecule has 0 aromatic heterocycles. The van der Waals surface area contributed by atoms with Gasteiger partial charge in [-0.3, -0.25) is 9.59 Å². The van der Waals surface area contributed by atoms with E-state index in [2.05, 4.69) is 10.6 Å². The van der Waals surface area contributed by atoms with Crippen LogP contribution >= 0.6 is 0 Å². The lowest BCUT2D eigenvalue weighted by Crippen LogP contribution is -2.47. The summed E-state index contributed by atoms with van der Waals surface area (Å²) in [6.45, 7) is 6.31. The number of anilines is 2. The number of benzene rings is 2. The molecule has 2 N–H and O–H groups in total. The van der Waals surface area contributed by atoms with Crippen LogP contribution in [0.2, 0.25) is 0 Å². The molecule has 7 heteroatoms. The molecule has 0 radical (unpaired) electrons. The summed E-state index contributed by atoms with van der Waals surface area (Å²) in [6, 6.07) is 12.6. The number of piperazine rings is 1. The zero-order valence-corrected chi connectivity index (χ0v) is 16.2. The number of ether oxygens (including phenoxy) is 2. The van der Waals surface area contributed by atoms with Crippen molar-refractivity contribution >= 4 is 23.2 Å². The lowest BCUT2D eigenvalue weighted by Gasteiger charge is -2.30. The van der Waals surface area contributed by atoms with Gasteiger partial charge >= 0.3 is 0 Å². The number of amides is 2. The lowest BCUT2D eigenvalue weighted by atomic mass is 10.1. The van der Waals surface area contributed by atoms with E-state index in [-0.39, 0.29) is 18.4 Å². The fourth-order valence-electron chi connectivity index (χ4n) is 3.09. The van der Waals surface area contributed by atoms with Gasteiger partial charge < -0.3 is 25.0 Å². The van der Waals surface area contributed by atoms with Gasteiger partial charge in [0, 0.05) is 18.7 Å². The van der Waals surface area contributed by atoms with E-state index in [0.29, 0.717) is 49.1 Å². The highest BCUT2D eigenvalue weighted by Gasteiger charge is 2.20. The van der Waals surface area contributed by atoms with E-state index >= 15 is 0 Å². The van der Waals surface area contributed by atoms with E-state index in [4.69, 9.17) is 9.47 Å². The Hall–Kier alpha value is -3.22. The van der Waals surface area contributed by atoms with Crippen molar-refractivity contribution in [2.75, 3.05) is 43.1 Å². The smallest absolute Gasteiger partial charge is 0.255 e. The highest BCUT2D eigenvalue weighted by molar-refractivity contribution is 6.06. The Labute approximate surface area is 164 Å². The maximum absolute atomic E-state index is 12.8. The molecule has 148 valence electrons. The first-order valence-corrected chi connectivity index (χ1v) is 9.44. The standard InChI is InChI=1S/C21H25N3O4/c1-3-27-18-10-9-15(13-19(18)28-4-2)21(26)23-16-7-5-6-8-17(16)24-12-11-22-20(25)14-24/h5-10,13H,3-4,11-12,14H2,1-2H3,(H,22,25)(H,23,26). The summed E-state index contributed by atoms with van der Waals surface area (Å²) in [7, 11) is 0. The molecular formula is C21H25N3O4. The third kappa shape index (κ3) is 4.54. The highest BCUT2D eigenvalue weighted by atomic mass is 16.5. The van der Waals surface area contributed by atoms with Crippen LogP contribution in [0, 0.1) is 0 Å². The van der Waals surface area contributed by atoms with Gasteiger partial charge in [-0.15, -0.1) is 0 Å². The molecule has 7 nitrogen and oxygen atoms in total. The number of carbonyl (C=O) groups excluding carboxylic acids is 2. The third-order valence-corrected chi connectivity index (χ3v) is 4.34. The normalized spacial score (nSPS) is 13.6. The van der Waals surface area contributed by atoms with Crippen LogP contribution in [0.15, 0.2) is 42.5 Å². The van der Waals surface area contributed by atoms with Crippen molar-refractivity contribution in [1.29, 1.82) is 0 Å². The van der Waals surface area contributed by atoms with E-state index in [1.54, 1.807) is 18.2 Å². The summed E-state index contributed by atoms with van der Waals surface area (Å²) >= 11 is 0. The molecule has 1 saturated heterocycles. The molecule has 3 rings (SSSR count). The number of para-hydroxylation sites is 2.